The normalized spacial score (nSPS) is 10.8. The smallest absolute Gasteiger partial charge is 0.251 e. The van der Waals surface area contributed by atoms with Crippen LogP contribution in [-0.4, -0.2) is 45.9 Å². The lowest BCUT2D eigenvalue weighted by Crippen LogP contribution is -2.26. The van der Waals surface area contributed by atoms with Crippen molar-refractivity contribution >= 4 is 17.4 Å². The van der Waals surface area contributed by atoms with Crippen LogP contribution < -0.4 is 15.4 Å². The second-order valence-electron chi connectivity index (χ2n) is 7.11. The van der Waals surface area contributed by atoms with Crippen LogP contribution in [0.4, 0.5) is 10.2 Å². The summed E-state index contributed by atoms with van der Waals surface area (Å²) in [5, 5.41) is 19.0. The van der Waals surface area contributed by atoms with Crippen LogP contribution in [0.25, 0.3) is 5.65 Å². The number of carbonyl (C=O) groups is 1. The monoisotopic (exact) mass is 434 g/mol. The average Bonchev–Trinajstić information content (AvgIpc) is 3.22. The number of benzene rings is 2. The zero-order chi connectivity index (χ0) is 22.3. The summed E-state index contributed by atoms with van der Waals surface area (Å²) in [6.45, 7) is 1.04. The number of anilines is 1. The van der Waals surface area contributed by atoms with Crippen LogP contribution in [-0.2, 0) is 12.8 Å². The zero-order valence-corrected chi connectivity index (χ0v) is 17.6. The van der Waals surface area contributed by atoms with E-state index in [1.165, 1.54) is 24.3 Å². The van der Waals surface area contributed by atoms with Gasteiger partial charge in [0.25, 0.3) is 5.91 Å². The van der Waals surface area contributed by atoms with Gasteiger partial charge < -0.3 is 15.4 Å². The molecule has 1 amide bonds. The number of amides is 1. The van der Waals surface area contributed by atoms with Gasteiger partial charge in [0.15, 0.2) is 11.5 Å². The summed E-state index contributed by atoms with van der Waals surface area (Å²) >= 11 is 0. The molecule has 4 rings (SSSR count). The van der Waals surface area contributed by atoms with Crippen molar-refractivity contribution in [3.8, 4) is 5.75 Å². The summed E-state index contributed by atoms with van der Waals surface area (Å²) in [6.07, 6.45) is 1.24. The van der Waals surface area contributed by atoms with Crippen LogP contribution in [0, 0.1) is 5.82 Å². The molecule has 2 aromatic carbocycles. The molecule has 32 heavy (non-hydrogen) atoms. The van der Waals surface area contributed by atoms with Gasteiger partial charge >= 0.3 is 0 Å². The molecule has 0 unspecified atom stereocenters. The molecule has 2 aromatic heterocycles. The number of carbonyl (C=O) groups excluding carboxylic acids is 1. The lowest BCUT2D eigenvalue weighted by atomic mass is 10.1. The fourth-order valence-corrected chi connectivity index (χ4v) is 3.31. The Balaban J connectivity index is 1.35. The van der Waals surface area contributed by atoms with E-state index < -0.39 is 0 Å². The van der Waals surface area contributed by atoms with E-state index >= 15 is 0 Å². The summed E-state index contributed by atoms with van der Waals surface area (Å²) in [5.41, 5.74) is 2.14. The maximum Gasteiger partial charge on any atom is 0.251 e. The Kier molecular flexibility index (Phi) is 6.54. The number of nitrogens with zero attached hydrogens (tertiary/aromatic N) is 4. The van der Waals surface area contributed by atoms with E-state index in [1.807, 2.05) is 36.4 Å². The predicted molar refractivity (Wildman–Crippen MR) is 118 cm³/mol. The van der Waals surface area contributed by atoms with Gasteiger partial charge in [-0.15, -0.1) is 15.3 Å². The fourth-order valence-electron chi connectivity index (χ4n) is 3.31. The number of ether oxygens (including phenoxy) is 1. The van der Waals surface area contributed by atoms with Crippen LogP contribution in [0.3, 0.4) is 0 Å². The van der Waals surface area contributed by atoms with Gasteiger partial charge in [-0.3, -0.25) is 4.79 Å². The maximum absolute atomic E-state index is 13.0. The largest absolute Gasteiger partial charge is 0.496 e. The third-order valence-electron chi connectivity index (χ3n) is 4.96. The molecule has 0 aliphatic rings. The highest BCUT2D eigenvalue weighted by molar-refractivity contribution is 5.94. The Hall–Kier alpha value is -4.01. The van der Waals surface area contributed by atoms with E-state index in [-0.39, 0.29) is 11.7 Å². The molecule has 2 N–H and O–H groups in total. The van der Waals surface area contributed by atoms with Crippen molar-refractivity contribution in [2.75, 3.05) is 25.5 Å². The van der Waals surface area contributed by atoms with E-state index in [4.69, 9.17) is 4.74 Å². The minimum atomic E-state index is -0.380. The van der Waals surface area contributed by atoms with E-state index in [1.54, 1.807) is 11.6 Å². The van der Waals surface area contributed by atoms with Crippen molar-refractivity contribution in [3.05, 3.63) is 83.4 Å². The van der Waals surface area contributed by atoms with Crippen LogP contribution >= 0.6 is 0 Å². The highest BCUT2D eigenvalue weighted by Crippen LogP contribution is 2.18. The van der Waals surface area contributed by atoms with E-state index in [0.717, 1.165) is 17.7 Å². The minimum absolute atomic E-state index is 0.273. The molecule has 164 valence electrons. The Morgan fingerprint density at radius 1 is 1.00 bits per heavy atom. The Labute approximate surface area is 184 Å². The molecule has 0 aliphatic heterocycles. The van der Waals surface area contributed by atoms with Crippen molar-refractivity contribution in [3.63, 3.8) is 0 Å². The van der Waals surface area contributed by atoms with E-state index in [2.05, 4.69) is 25.9 Å². The van der Waals surface area contributed by atoms with Gasteiger partial charge in [-0.1, -0.05) is 18.2 Å². The molecule has 0 saturated carbocycles. The summed E-state index contributed by atoms with van der Waals surface area (Å²) in [5.74, 6) is 1.54. The first-order chi connectivity index (χ1) is 15.6. The summed E-state index contributed by atoms with van der Waals surface area (Å²) in [7, 11) is 1.66. The number of hydrogen-bond donors (Lipinski definition) is 2. The van der Waals surface area contributed by atoms with Gasteiger partial charge in [0.1, 0.15) is 17.4 Å². The van der Waals surface area contributed by atoms with Gasteiger partial charge in [-0.25, -0.2) is 4.39 Å². The Morgan fingerprint density at radius 3 is 2.62 bits per heavy atom. The Morgan fingerprint density at radius 2 is 1.81 bits per heavy atom. The molecule has 2 heterocycles. The van der Waals surface area contributed by atoms with Gasteiger partial charge in [-0.05, 0) is 54.4 Å². The molecule has 0 radical (unpaired) electrons. The molecule has 0 bridgehead atoms. The first-order valence-corrected chi connectivity index (χ1v) is 10.2. The predicted octanol–water partition coefficient (Wildman–Crippen LogP) is 2.90. The second-order valence-corrected chi connectivity index (χ2v) is 7.11. The second kappa shape index (κ2) is 9.86. The van der Waals surface area contributed by atoms with Gasteiger partial charge in [-0.2, -0.15) is 4.52 Å². The number of rotatable bonds is 9. The van der Waals surface area contributed by atoms with Gasteiger partial charge in [0.05, 0.1) is 7.11 Å². The molecule has 8 nitrogen and oxygen atoms in total. The van der Waals surface area contributed by atoms with Crippen LogP contribution in [0.1, 0.15) is 21.7 Å². The number of halogens is 1. The van der Waals surface area contributed by atoms with Crippen molar-refractivity contribution in [2.45, 2.75) is 12.8 Å². The van der Waals surface area contributed by atoms with Crippen molar-refractivity contribution in [2.24, 2.45) is 0 Å². The van der Waals surface area contributed by atoms with Crippen molar-refractivity contribution in [1.82, 2.24) is 25.1 Å². The molecule has 0 aliphatic carbocycles. The van der Waals surface area contributed by atoms with Crippen molar-refractivity contribution < 1.29 is 13.9 Å². The lowest BCUT2D eigenvalue weighted by Gasteiger charge is -2.09. The SMILES string of the molecule is COc1ccccc1CCNc1ccc2nnc(CCNC(=O)c3ccc(F)cc3)n2n1. The number of aromatic nitrogens is 4. The molecular weight excluding hydrogens is 411 g/mol. The highest BCUT2D eigenvalue weighted by Gasteiger charge is 2.10. The number of hydrogen-bond acceptors (Lipinski definition) is 6. The molecule has 0 atom stereocenters. The van der Waals surface area contributed by atoms with E-state index in [9.17, 15) is 9.18 Å². The lowest BCUT2D eigenvalue weighted by molar-refractivity contribution is 0.0954. The molecule has 0 saturated heterocycles. The average molecular weight is 434 g/mol. The summed E-state index contributed by atoms with van der Waals surface area (Å²) < 4.78 is 20.1. The van der Waals surface area contributed by atoms with Crippen molar-refractivity contribution in [1.29, 1.82) is 0 Å². The third kappa shape index (κ3) is 5.00. The standard InChI is InChI=1S/C23H23FN6O2/c1-32-19-5-3-2-4-16(19)12-14-25-20-10-11-21-27-28-22(30(21)29-20)13-15-26-23(31)17-6-8-18(24)9-7-17/h2-11H,12-15H2,1H3,(H,25,29)(H,26,31). The molecule has 0 spiro atoms. The quantitative estimate of drug-likeness (QED) is 0.421. The molecule has 9 heteroatoms. The highest BCUT2D eigenvalue weighted by atomic mass is 19.1. The van der Waals surface area contributed by atoms with Gasteiger partial charge in [0.2, 0.25) is 0 Å². The minimum Gasteiger partial charge on any atom is -0.496 e. The first kappa shape index (κ1) is 21.2. The number of methoxy groups -OCH3 is 1. The maximum atomic E-state index is 13.0. The number of nitrogens with one attached hydrogen (secondary N) is 2. The topological polar surface area (TPSA) is 93.4 Å². The summed E-state index contributed by atoms with van der Waals surface area (Å²) in [4.78, 5) is 12.2. The zero-order valence-electron chi connectivity index (χ0n) is 17.6. The van der Waals surface area contributed by atoms with Crippen LogP contribution in [0.15, 0.2) is 60.7 Å². The number of fused-ring (bicyclic) bond motifs is 1. The van der Waals surface area contributed by atoms with Crippen LogP contribution in [0.2, 0.25) is 0 Å². The number of para-hydroxylation sites is 1. The molecule has 4 aromatic rings. The third-order valence-corrected chi connectivity index (χ3v) is 4.96. The molecule has 0 fully saturated rings. The summed E-state index contributed by atoms with van der Waals surface area (Å²) in [6, 6.07) is 17.0. The first-order valence-electron chi connectivity index (χ1n) is 10.2. The fraction of sp³-hybridized carbons (Fsp3) is 0.217. The molecular formula is C23H23FN6O2. The van der Waals surface area contributed by atoms with Gasteiger partial charge in [0, 0.05) is 25.1 Å². The Bertz CT molecular complexity index is 1210. The van der Waals surface area contributed by atoms with Crippen LogP contribution in [0.5, 0.6) is 5.75 Å². The van der Waals surface area contributed by atoms with E-state index in [0.29, 0.717) is 42.4 Å².